The van der Waals surface area contributed by atoms with Crippen LogP contribution >= 0.6 is 0 Å². The third kappa shape index (κ3) is 4.39. The van der Waals surface area contributed by atoms with Crippen LogP contribution in [0.25, 0.3) is 0 Å². The van der Waals surface area contributed by atoms with Crippen LogP contribution in [0.1, 0.15) is 38.2 Å². The van der Waals surface area contributed by atoms with Crippen molar-refractivity contribution in [1.82, 2.24) is 0 Å². The van der Waals surface area contributed by atoms with Crippen molar-refractivity contribution in [3.8, 4) is 0 Å². The molecule has 1 fully saturated rings. The van der Waals surface area contributed by atoms with Crippen molar-refractivity contribution in [2.75, 3.05) is 12.4 Å². The number of hydrogen-bond donors (Lipinski definition) is 0. The number of rotatable bonds is 7. The van der Waals surface area contributed by atoms with Crippen molar-refractivity contribution >= 4 is 22.3 Å². The topological polar surface area (TPSA) is 86.7 Å². The van der Waals surface area contributed by atoms with Crippen molar-refractivity contribution in [3.63, 3.8) is 0 Å². The zero-order valence-corrected chi connectivity index (χ0v) is 15.3. The number of ether oxygens (including phenoxy) is 2. The van der Waals surface area contributed by atoms with Gasteiger partial charge in [0.2, 0.25) is 5.60 Å². The molecule has 1 saturated carbocycles. The first-order valence-corrected chi connectivity index (χ1v) is 9.99. The zero-order chi connectivity index (χ0) is 18.5. The molecule has 2 unspecified atom stereocenters. The lowest BCUT2D eigenvalue weighted by Crippen LogP contribution is -2.50. The molecule has 0 N–H and O–H groups in total. The van der Waals surface area contributed by atoms with E-state index in [0.29, 0.717) is 6.42 Å². The average Bonchev–Trinajstić information content (AvgIpc) is 2.57. The summed E-state index contributed by atoms with van der Waals surface area (Å²) in [5.41, 5.74) is -0.394. The van der Waals surface area contributed by atoms with Gasteiger partial charge in [-0.05, 0) is 38.3 Å². The molecule has 25 heavy (non-hydrogen) atoms. The average molecular weight is 367 g/mol. The van der Waals surface area contributed by atoms with E-state index in [4.69, 9.17) is 9.47 Å². The Balaban J connectivity index is 2.00. The second-order valence-corrected chi connectivity index (χ2v) is 8.60. The number of carbonyl (C=O) groups is 1. The summed E-state index contributed by atoms with van der Waals surface area (Å²) in [6, 6.07) is 6.49. The van der Waals surface area contributed by atoms with Crippen LogP contribution in [0.5, 0.6) is 0 Å². The smallest absolute Gasteiger partial charge is 0.418 e. The second-order valence-electron chi connectivity index (χ2n) is 6.49. The summed E-state index contributed by atoms with van der Waals surface area (Å²) < 4.78 is 34.7. The zero-order valence-electron chi connectivity index (χ0n) is 14.5. The first-order valence-electron chi connectivity index (χ1n) is 8.33. The van der Waals surface area contributed by atoms with Crippen LogP contribution in [-0.2, 0) is 28.9 Å². The summed E-state index contributed by atoms with van der Waals surface area (Å²) in [7, 11) is -3.54. The predicted molar refractivity (Wildman–Crippen MR) is 91.3 cm³/mol. The normalized spacial score (nSPS) is 23.7. The molecule has 0 heterocycles. The van der Waals surface area contributed by atoms with Gasteiger partial charge in [-0.1, -0.05) is 31.0 Å². The number of hydrogen-bond acceptors (Lipinski definition) is 6. The Morgan fingerprint density at radius 1 is 1.28 bits per heavy atom. The molecular formula is C18H23O6S. The number of sulfone groups is 1. The van der Waals surface area contributed by atoms with Gasteiger partial charge in [0.25, 0.3) is 0 Å². The molecule has 0 spiro atoms. The molecule has 6 nitrogen and oxygen atoms in total. The first-order chi connectivity index (χ1) is 11.8. The van der Waals surface area contributed by atoms with Gasteiger partial charge >= 0.3 is 12.4 Å². The molecule has 2 atom stereocenters. The van der Waals surface area contributed by atoms with Crippen molar-refractivity contribution in [2.24, 2.45) is 5.92 Å². The van der Waals surface area contributed by atoms with Crippen molar-refractivity contribution < 1.29 is 27.5 Å². The van der Waals surface area contributed by atoms with Crippen molar-refractivity contribution in [3.05, 3.63) is 29.8 Å². The quantitative estimate of drug-likeness (QED) is 0.688. The summed E-state index contributed by atoms with van der Waals surface area (Å²) in [5.74, 6) is -1.21. The van der Waals surface area contributed by atoms with Crippen molar-refractivity contribution in [2.45, 2.75) is 50.0 Å². The molecular weight excluding hydrogens is 344 g/mol. The van der Waals surface area contributed by atoms with Crippen LogP contribution in [0.15, 0.2) is 29.2 Å². The molecule has 137 valence electrons. The molecule has 0 aliphatic heterocycles. The predicted octanol–water partition coefficient (Wildman–Crippen LogP) is 2.34. The molecule has 1 aliphatic rings. The Morgan fingerprint density at radius 3 is 2.56 bits per heavy atom. The molecule has 1 aliphatic carbocycles. The highest BCUT2D eigenvalue weighted by Gasteiger charge is 2.49. The monoisotopic (exact) mass is 367 g/mol. The Kier molecular flexibility index (Phi) is 6.21. The van der Waals surface area contributed by atoms with Gasteiger partial charge < -0.3 is 9.47 Å². The summed E-state index contributed by atoms with van der Waals surface area (Å²) in [6.07, 6.45) is 2.79. The fraction of sp³-hybridized carbons (Fsp3) is 0.556. The minimum absolute atomic E-state index is 0.187. The Labute approximate surface area is 148 Å². The number of esters is 1. The van der Waals surface area contributed by atoms with Gasteiger partial charge in [0, 0.05) is 5.92 Å². The number of benzene rings is 1. The van der Waals surface area contributed by atoms with Crippen LogP contribution < -0.4 is 0 Å². The lowest BCUT2D eigenvalue weighted by molar-refractivity contribution is -0.172. The van der Waals surface area contributed by atoms with E-state index in [1.165, 1.54) is 18.6 Å². The molecule has 0 amide bonds. The van der Waals surface area contributed by atoms with E-state index < -0.39 is 21.4 Å². The summed E-state index contributed by atoms with van der Waals surface area (Å²) in [5, 5.41) is 0. The minimum Gasteiger partial charge on any atom is -0.462 e. The van der Waals surface area contributed by atoms with Gasteiger partial charge in [0.1, 0.15) is 6.61 Å². The van der Waals surface area contributed by atoms with E-state index in [0.717, 1.165) is 24.8 Å². The van der Waals surface area contributed by atoms with E-state index in [9.17, 15) is 18.0 Å². The number of carbonyl (C=O) groups excluding carboxylic acids is 2. The van der Waals surface area contributed by atoms with E-state index in [2.05, 4.69) is 0 Å². The van der Waals surface area contributed by atoms with E-state index in [-0.39, 0.29) is 23.2 Å². The third-order valence-electron chi connectivity index (χ3n) is 4.77. The Hall–Kier alpha value is -1.89. The lowest BCUT2D eigenvalue weighted by Gasteiger charge is -2.37. The maximum absolute atomic E-state index is 12.5. The Bertz CT molecular complexity index is 710. The fourth-order valence-electron chi connectivity index (χ4n) is 3.12. The van der Waals surface area contributed by atoms with Crippen LogP contribution in [-0.4, -0.2) is 38.8 Å². The summed E-state index contributed by atoms with van der Waals surface area (Å²) in [6.45, 7) is 4.76. The third-order valence-corrected chi connectivity index (χ3v) is 6.46. The van der Waals surface area contributed by atoms with E-state index in [1.807, 2.05) is 13.8 Å². The standard InChI is InChI=1S/C18H23O6S/c1-14-6-8-16(9-7-14)25(21,22)12-11-23-17(20)18(24-13-19)10-4-3-5-15(18)2/h6-9,15H,3-5,10-12H2,1-2H3. The van der Waals surface area contributed by atoms with Gasteiger partial charge in [-0.25, -0.2) is 18.0 Å². The minimum atomic E-state index is -3.54. The highest BCUT2D eigenvalue weighted by molar-refractivity contribution is 7.91. The molecule has 0 aromatic heterocycles. The van der Waals surface area contributed by atoms with Crippen LogP contribution in [0.2, 0.25) is 0 Å². The molecule has 1 aromatic rings. The van der Waals surface area contributed by atoms with E-state index in [1.54, 1.807) is 12.1 Å². The first kappa shape index (κ1) is 19.4. The van der Waals surface area contributed by atoms with Gasteiger partial charge in [0.15, 0.2) is 9.84 Å². The largest absolute Gasteiger partial charge is 0.462 e. The maximum Gasteiger partial charge on any atom is 0.418 e. The molecule has 7 heteroatoms. The number of aryl methyl sites for hydroxylation is 1. The highest BCUT2D eigenvalue weighted by atomic mass is 32.2. The SMILES string of the molecule is Cc1ccc(S(=O)(=O)CCOC(=O)C2(O[C]=O)CCCCC2C)cc1. The summed E-state index contributed by atoms with van der Waals surface area (Å²) in [4.78, 5) is 23.4. The highest BCUT2D eigenvalue weighted by Crippen LogP contribution is 2.37. The van der Waals surface area contributed by atoms with Crippen LogP contribution in [0.4, 0.5) is 0 Å². The maximum atomic E-state index is 12.5. The lowest BCUT2D eigenvalue weighted by atomic mass is 9.76. The second kappa shape index (κ2) is 7.99. The van der Waals surface area contributed by atoms with Crippen LogP contribution in [0, 0.1) is 12.8 Å². The Morgan fingerprint density at radius 2 is 1.96 bits per heavy atom. The summed E-state index contributed by atoms with van der Waals surface area (Å²) >= 11 is 0. The molecule has 1 aromatic carbocycles. The molecule has 0 saturated heterocycles. The van der Waals surface area contributed by atoms with E-state index >= 15 is 0 Å². The molecule has 2 rings (SSSR count). The van der Waals surface area contributed by atoms with Crippen LogP contribution in [0.3, 0.4) is 0 Å². The molecule has 1 radical (unpaired) electrons. The molecule has 0 bridgehead atoms. The van der Waals surface area contributed by atoms with Gasteiger partial charge in [-0.2, -0.15) is 0 Å². The fourth-order valence-corrected chi connectivity index (χ4v) is 4.21. The van der Waals surface area contributed by atoms with Crippen molar-refractivity contribution in [1.29, 1.82) is 0 Å². The van der Waals surface area contributed by atoms with Gasteiger partial charge in [-0.15, -0.1) is 0 Å². The van der Waals surface area contributed by atoms with Gasteiger partial charge in [-0.3, -0.25) is 0 Å². The van der Waals surface area contributed by atoms with Gasteiger partial charge in [0.05, 0.1) is 10.6 Å².